The van der Waals surface area contributed by atoms with Crippen LogP contribution in [0, 0.1) is 24.2 Å². The number of aromatic nitrogens is 1. The standard InChI is InChI=1S/C34H56N4O7S/c1-21-13-12-15-34(7)28(45-34)18-26(22(2)17-25-20-46-24(4)36-25)37-29(39)19-27(33(5,6)32(42)23(3)31(21)41)44-30(40)14-10-9-11-16-35-38-43-8/h17,20-21,23,26-28,31,35,38,41H,9-16,18-19H2,1-8H3,(H,37,39)/b22-17+/t21-,23+,26-,27-,28-,31-,34+/m0/s1. The molecule has 11 nitrogen and oxygen atoms in total. The number of nitrogens with zero attached hydrogens (tertiary/aromatic N) is 1. The lowest BCUT2D eigenvalue weighted by atomic mass is 9.72. The summed E-state index contributed by atoms with van der Waals surface area (Å²) in [5.41, 5.74) is 5.72. The summed E-state index contributed by atoms with van der Waals surface area (Å²) >= 11 is 1.57. The number of carbonyl (C=O) groups is 3. The van der Waals surface area contributed by atoms with E-state index in [9.17, 15) is 19.5 Å². The van der Waals surface area contributed by atoms with Gasteiger partial charge >= 0.3 is 5.97 Å². The molecule has 2 aliphatic heterocycles. The highest BCUT2D eigenvalue weighted by atomic mass is 32.1. The highest BCUT2D eigenvalue weighted by molar-refractivity contribution is 7.09. The highest BCUT2D eigenvalue weighted by Gasteiger charge is 2.52. The lowest BCUT2D eigenvalue weighted by Gasteiger charge is -2.36. The first-order valence-electron chi connectivity index (χ1n) is 16.7. The third-order valence-electron chi connectivity index (χ3n) is 9.67. The Morgan fingerprint density at radius 3 is 2.65 bits per heavy atom. The number of nitrogens with one attached hydrogen (secondary N) is 3. The summed E-state index contributed by atoms with van der Waals surface area (Å²) in [7, 11) is 1.52. The molecule has 0 aliphatic carbocycles. The molecule has 12 heteroatoms. The maximum absolute atomic E-state index is 13.9. The van der Waals surface area contributed by atoms with Crippen LogP contribution in [0.2, 0.25) is 0 Å². The SMILES string of the molecule is CONNCCCCCC(=O)O[C@H]1CC(=O)N[C@H](/C(C)=C/c2csc(C)n2)C[C@@H]2O[C@]2(C)CCC[C@H](C)[C@H](O)[C@@H](C)C(=O)C1(C)C. The molecule has 0 saturated carbocycles. The van der Waals surface area contributed by atoms with Gasteiger partial charge in [-0.2, -0.15) is 0 Å². The van der Waals surface area contributed by atoms with Crippen molar-refractivity contribution < 1.29 is 33.8 Å². The smallest absolute Gasteiger partial charge is 0.306 e. The van der Waals surface area contributed by atoms with Gasteiger partial charge in [-0.15, -0.1) is 16.9 Å². The first-order valence-corrected chi connectivity index (χ1v) is 17.6. The van der Waals surface area contributed by atoms with Crippen LogP contribution in [0.5, 0.6) is 0 Å². The Labute approximate surface area is 278 Å². The van der Waals surface area contributed by atoms with Crippen molar-refractivity contribution in [3.8, 4) is 0 Å². The molecule has 2 aliphatic rings. The lowest BCUT2D eigenvalue weighted by molar-refractivity contribution is -0.162. The summed E-state index contributed by atoms with van der Waals surface area (Å²) in [4.78, 5) is 50.1. The molecule has 1 amide bonds. The first kappa shape index (κ1) is 38.2. The Balaban J connectivity index is 1.83. The molecular formula is C34H56N4O7S. The minimum Gasteiger partial charge on any atom is -0.461 e. The molecule has 0 unspecified atom stereocenters. The van der Waals surface area contributed by atoms with Crippen LogP contribution >= 0.6 is 11.3 Å². The molecule has 0 spiro atoms. The number of ether oxygens (including phenoxy) is 2. The van der Waals surface area contributed by atoms with Crippen LogP contribution in [0.3, 0.4) is 0 Å². The second-order valence-electron chi connectivity index (χ2n) is 13.9. The van der Waals surface area contributed by atoms with Gasteiger partial charge in [-0.05, 0) is 77.9 Å². The maximum Gasteiger partial charge on any atom is 0.306 e. The molecule has 7 atom stereocenters. The Morgan fingerprint density at radius 1 is 1.24 bits per heavy atom. The minimum atomic E-state index is -1.21. The summed E-state index contributed by atoms with van der Waals surface area (Å²) in [5.74, 6) is -1.81. The van der Waals surface area contributed by atoms with Gasteiger partial charge in [-0.25, -0.2) is 10.4 Å². The number of amides is 1. The van der Waals surface area contributed by atoms with Crippen LogP contribution in [-0.2, 0) is 28.7 Å². The van der Waals surface area contributed by atoms with E-state index in [4.69, 9.17) is 14.3 Å². The van der Waals surface area contributed by atoms with E-state index in [0.717, 1.165) is 48.4 Å². The van der Waals surface area contributed by atoms with E-state index < -0.39 is 29.5 Å². The highest BCUT2D eigenvalue weighted by Crippen LogP contribution is 2.44. The van der Waals surface area contributed by atoms with E-state index in [1.807, 2.05) is 32.2 Å². The van der Waals surface area contributed by atoms with Gasteiger partial charge in [0.2, 0.25) is 5.91 Å². The number of epoxide rings is 1. The third kappa shape index (κ3) is 10.9. The number of hydrogen-bond donors (Lipinski definition) is 4. The largest absolute Gasteiger partial charge is 0.461 e. The molecule has 1 aromatic heterocycles. The number of aliphatic hydroxyl groups is 1. The normalized spacial score (nSPS) is 31.2. The third-order valence-corrected chi connectivity index (χ3v) is 10.5. The quantitative estimate of drug-likeness (QED) is 0.112. The van der Waals surface area contributed by atoms with Gasteiger partial charge in [0.25, 0.3) is 0 Å². The number of hydrazine groups is 1. The molecule has 2 fully saturated rings. The van der Waals surface area contributed by atoms with Crippen LogP contribution in [0.15, 0.2) is 11.0 Å². The topological polar surface area (TPSA) is 151 Å². The van der Waals surface area contributed by atoms with Crippen molar-refractivity contribution in [3.05, 3.63) is 21.7 Å². The molecular weight excluding hydrogens is 608 g/mol. The molecule has 46 heavy (non-hydrogen) atoms. The van der Waals surface area contributed by atoms with E-state index in [-0.39, 0.29) is 48.2 Å². The zero-order valence-corrected chi connectivity index (χ0v) is 29.8. The minimum absolute atomic E-state index is 0.0301. The van der Waals surface area contributed by atoms with Crippen LogP contribution in [0.25, 0.3) is 6.08 Å². The Bertz CT molecular complexity index is 1200. The molecule has 0 bridgehead atoms. The van der Waals surface area contributed by atoms with Crippen LogP contribution in [0.1, 0.15) is 110 Å². The van der Waals surface area contributed by atoms with Crippen LogP contribution < -0.4 is 16.3 Å². The van der Waals surface area contributed by atoms with Crippen molar-refractivity contribution in [2.75, 3.05) is 13.7 Å². The number of aryl methyl sites for hydroxylation is 1. The number of fused-ring (bicyclic) bond motifs is 1. The molecule has 0 aromatic carbocycles. The summed E-state index contributed by atoms with van der Waals surface area (Å²) in [6.45, 7) is 13.8. The number of rotatable bonds is 11. The van der Waals surface area contributed by atoms with Gasteiger partial charge in [0, 0.05) is 30.7 Å². The molecule has 3 rings (SSSR count). The van der Waals surface area contributed by atoms with Crippen molar-refractivity contribution >= 4 is 35.1 Å². The van der Waals surface area contributed by atoms with Gasteiger partial charge in [0.05, 0.1) is 53.5 Å². The summed E-state index contributed by atoms with van der Waals surface area (Å²) in [5, 5.41) is 17.3. The number of carbonyl (C=O) groups excluding carboxylic acids is 3. The number of ketones is 1. The molecule has 1 aromatic rings. The van der Waals surface area contributed by atoms with E-state index in [0.29, 0.717) is 19.4 Å². The number of unbranched alkanes of at least 4 members (excludes halogenated alkanes) is 2. The van der Waals surface area contributed by atoms with Crippen molar-refractivity contribution in [3.63, 3.8) is 0 Å². The van der Waals surface area contributed by atoms with Crippen molar-refractivity contribution in [2.45, 2.75) is 136 Å². The number of aliphatic hydroxyl groups excluding tert-OH is 1. The van der Waals surface area contributed by atoms with E-state index in [1.54, 1.807) is 32.1 Å². The van der Waals surface area contributed by atoms with Crippen molar-refractivity contribution in [1.29, 1.82) is 0 Å². The average molecular weight is 665 g/mol. The fourth-order valence-electron chi connectivity index (χ4n) is 6.37. The van der Waals surface area contributed by atoms with Crippen molar-refractivity contribution in [1.82, 2.24) is 21.3 Å². The summed E-state index contributed by atoms with van der Waals surface area (Å²) in [6.07, 6.45) is 5.31. The number of thiazole rings is 1. The first-order chi connectivity index (χ1) is 21.7. The van der Waals surface area contributed by atoms with E-state index in [1.165, 1.54) is 7.11 Å². The predicted molar refractivity (Wildman–Crippen MR) is 178 cm³/mol. The van der Waals surface area contributed by atoms with Crippen molar-refractivity contribution in [2.24, 2.45) is 17.3 Å². The Kier molecular flexibility index (Phi) is 14.3. The van der Waals surface area contributed by atoms with Gasteiger partial charge in [-0.1, -0.05) is 26.7 Å². The fraction of sp³-hybridized carbons (Fsp3) is 0.765. The summed E-state index contributed by atoms with van der Waals surface area (Å²) < 4.78 is 12.1. The molecule has 2 saturated heterocycles. The van der Waals surface area contributed by atoms with E-state index >= 15 is 0 Å². The monoisotopic (exact) mass is 664 g/mol. The zero-order chi connectivity index (χ0) is 34.1. The molecule has 0 radical (unpaired) electrons. The average Bonchev–Trinajstić information content (AvgIpc) is 3.44. The summed E-state index contributed by atoms with van der Waals surface area (Å²) in [6, 6.07) is -0.328. The van der Waals surface area contributed by atoms with Gasteiger partial charge in [0.1, 0.15) is 11.9 Å². The van der Waals surface area contributed by atoms with Gasteiger partial charge in [0.15, 0.2) is 0 Å². The number of hydrogen-bond acceptors (Lipinski definition) is 11. The zero-order valence-electron chi connectivity index (χ0n) is 28.9. The van der Waals surface area contributed by atoms with Gasteiger partial charge in [-0.3, -0.25) is 19.2 Å². The molecule has 260 valence electrons. The number of esters is 1. The lowest BCUT2D eigenvalue weighted by Crippen LogP contribution is -2.49. The Morgan fingerprint density at radius 2 is 1.98 bits per heavy atom. The fourth-order valence-corrected chi connectivity index (χ4v) is 6.94. The van der Waals surface area contributed by atoms with Gasteiger partial charge < -0.3 is 19.9 Å². The van der Waals surface area contributed by atoms with Crippen LogP contribution in [0.4, 0.5) is 0 Å². The Hall–Kier alpha value is -2.22. The number of Topliss-reactive ketones (excluding diaryl/α,β-unsaturated/α-hetero) is 1. The maximum atomic E-state index is 13.9. The molecule has 3 heterocycles. The second-order valence-corrected chi connectivity index (χ2v) is 15.0. The molecule has 4 N–H and O–H groups in total. The van der Waals surface area contributed by atoms with Crippen LogP contribution in [-0.4, -0.2) is 71.4 Å². The predicted octanol–water partition coefficient (Wildman–Crippen LogP) is 4.82. The second kappa shape index (κ2) is 17.3. The van der Waals surface area contributed by atoms with E-state index in [2.05, 4.69) is 28.2 Å².